The third-order valence-electron chi connectivity index (χ3n) is 2.16. The van der Waals surface area contributed by atoms with Crippen LogP contribution in [-0.4, -0.2) is 5.91 Å². The zero-order chi connectivity index (χ0) is 11.8. The van der Waals surface area contributed by atoms with E-state index in [1.165, 1.54) is 0 Å². The molecule has 0 heterocycles. The minimum atomic E-state index is 0.0701. The van der Waals surface area contributed by atoms with Crippen LogP contribution in [0.1, 0.15) is 25.8 Å². The van der Waals surface area contributed by atoms with Crippen LogP contribution in [0.25, 0.3) is 0 Å². The molecule has 0 fully saturated rings. The molecule has 2 heteroatoms. The van der Waals surface area contributed by atoms with Crippen molar-refractivity contribution in [3.05, 3.63) is 48.0 Å². The first kappa shape index (κ1) is 12.5. The summed E-state index contributed by atoms with van der Waals surface area (Å²) in [5.41, 5.74) is 1.13. The van der Waals surface area contributed by atoms with Crippen LogP contribution in [0.15, 0.2) is 42.5 Å². The quantitative estimate of drug-likeness (QED) is 0.755. The Balaban J connectivity index is 2.26. The predicted octanol–water partition coefficient (Wildman–Crippen LogP) is 2.91. The molecule has 0 aliphatic heterocycles. The second-order valence-electron chi connectivity index (χ2n) is 4.14. The predicted molar refractivity (Wildman–Crippen MR) is 66.9 cm³/mol. The summed E-state index contributed by atoms with van der Waals surface area (Å²) in [5.74, 6) is 0.572. The van der Waals surface area contributed by atoms with Gasteiger partial charge >= 0.3 is 0 Å². The standard InChI is InChI=1S/C14H19NO/c1-12(2)7-6-10-14(16)15-11-13-8-4-3-5-9-13/h3-9,12H,10-11H2,1-2H3,(H,15,16)/b7-6+. The highest BCUT2D eigenvalue weighted by molar-refractivity contribution is 5.77. The van der Waals surface area contributed by atoms with Gasteiger partial charge in [-0.15, -0.1) is 0 Å². The second-order valence-corrected chi connectivity index (χ2v) is 4.14. The van der Waals surface area contributed by atoms with Gasteiger partial charge in [-0.05, 0) is 11.5 Å². The molecule has 0 aliphatic rings. The van der Waals surface area contributed by atoms with Gasteiger partial charge < -0.3 is 5.32 Å². The average Bonchev–Trinajstić information content (AvgIpc) is 2.27. The molecule has 86 valence electrons. The molecule has 2 nitrogen and oxygen atoms in total. The van der Waals surface area contributed by atoms with Gasteiger partial charge in [0.1, 0.15) is 0 Å². The molecule has 0 aromatic heterocycles. The number of nitrogens with one attached hydrogen (secondary N) is 1. The van der Waals surface area contributed by atoms with Crippen molar-refractivity contribution in [3.8, 4) is 0 Å². The number of carbonyl (C=O) groups excluding carboxylic acids is 1. The molecule has 0 saturated heterocycles. The van der Waals surface area contributed by atoms with Gasteiger partial charge in [0.2, 0.25) is 5.91 Å². The van der Waals surface area contributed by atoms with Crippen molar-refractivity contribution in [3.63, 3.8) is 0 Å². The van der Waals surface area contributed by atoms with Crippen LogP contribution in [0, 0.1) is 5.92 Å². The highest BCUT2D eigenvalue weighted by Crippen LogP contribution is 1.98. The summed E-state index contributed by atoms with van der Waals surface area (Å²) < 4.78 is 0. The first-order valence-corrected chi connectivity index (χ1v) is 5.66. The molecule has 16 heavy (non-hydrogen) atoms. The molecule has 0 radical (unpaired) electrons. The van der Waals surface area contributed by atoms with E-state index in [1.54, 1.807) is 0 Å². The minimum Gasteiger partial charge on any atom is -0.352 e. The van der Waals surface area contributed by atoms with Gasteiger partial charge in [-0.3, -0.25) is 4.79 Å². The number of rotatable bonds is 5. The number of hydrogen-bond acceptors (Lipinski definition) is 1. The van der Waals surface area contributed by atoms with Crippen molar-refractivity contribution >= 4 is 5.91 Å². The lowest BCUT2D eigenvalue weighted by molar-refractivity contribution is -0.120. The molecule has 0 unspecified atom stereocenters. The summed E-state index contributed by atoms with van der Waals surface area (Å²) >= 11 is 0. The molecule has 1 aromatic rings. The Kier molecular flexibility index (Phi) is 5.34. The molecule has 0 spiro atoms. The Labute approximate surface area is 97.4 Å². The van der Waals surface area contributed by atoms with Gasteiger partial charge in [-0.2, -0.15) is 0 Å². The zero-order valence-corrected chi connectivity index (χ0v) is 9.94. The van der Waals surface area contributed by atoms with E-state index >= 15 is 0 Å². The van der Waals surface area contributed by atoms with E-state index < -0.39 is 0 Å². The van der Waals surface area contributed by atoms with Crippen LogP contribution in [0.2, 0.25) is 0 Å². The Morgan fingerprint density at radius 2 is 2.00 bits per heavy atom. The maximum atomic E-state index is 11.4. The Morgan fingerprint density at radius 3 is 2.62 bits per heavy atom. The summed E-state index contributed by atoms with van der Waals surface area (Å²) in [6.45, 7) is 4.80. The lowest BCUT2D eigenvalue weighted by Crippen LogP contribution is -2.21. The smallest absolute Gasteiger partial charge is 0.224 e. The maximum Gasteiger partial charge on any atom is 0.224 e. The van der Waals surface area contributed by atoms with Crippen LogP contribution in [0.5, 0.6) is 0 Å². The zero-order valence-electron chi connectivity index (χ0n) is 9.94. The van der Waals surface area contributed by atoms with Crippen molar-refractivity contribution in [2.45, 2.75) is 26.8 Å². The van der Waals surface area contributed by atoms with Crippen LogP contribution in [0.3, 0.4) is 0 Å². The van der Waals surface area contributed by atoms with Crippen molar-refractivity contribution in [2.75, 3.05) is 0 Å². The maximum absolute atomic E-state index is 11.4. The molecule has 1 rings (SSSR count). The average molecular weight is 217 g/mol. The fraction of sp³-hybridized carbons (Fsp3) is 0.357. The number of allylic oxidation sites excluding steroid dienone is 1. The first-order valence-electron chi connectivity index (χ1n) is 5.66. The van der Waals surface area contributed by atoms with E-state index in [9.17, 15) is 4.79 Å². The number of carbonyl (C=O) groups is 1. The van der Waals surface area contributed by atoms with E-state index in [1.807, 2.05) is 42.5 Å². The van der Waals surface area contributed by atoms with Crippen molar-refractivity contribution in [2.24, 2.45) is 5.92 Å². The molecule has 0 saturated carbocycles. The van der Waals surface area contributed by atoms with E-state index in [-0.39, 0.29) is 5.91 Å². The Hall–Kier alpha value is -1.57. The minimum absolute atomic E-state index is 0.0701. The summed E-state index contributed by atoms with van der Waals surface area (Å²) in [7, 11) is 0. The largest absolute Gasteiger partial charge is 0.352 e. The normalized spacial score (nSPS) is 10.9. The summed E-state index contributed by atoms with van der Waals surface area (Å²) in [6.07, 6.45) is 4.43. The van der Waals surface area contributed by atoms with Crippen molar-refractivity contribution in [1.82, 2.24) is 5.32 Å². The summed E-state index contributed by atoms with van der Waals surface area (Å²) in [5, 5.41) is 2.88. The monoisotopic (exact) mass is 217 g/mol. The molecule has 1 N–H and O–H groups in total. The summed E-state index contributed by atoms with van der Waals surface area (Å²) in [4.78, 5) is 11.4. The topological polar surface area (TPSA) is 29.1 Å². The van der Waals surface area contributed by atoms with E-state index in [0.717, 1.165) is 5.56 Å². The van der Waals surface area contributed by atoms with Gasteiger partial charge in [0.25, 0.3) is 0 Å². The lowest BCUT2D eigenvalue weighted by atomic mass is 10.2. The lowest BCUT2D eigenvalue weighted by Gasteiger charge is -2.03. The third-order valence-corrected chi connectivity index (χ3v) is 2.16. The number of benzene rings is 1. The molecular weight excluding hydrogens is 198 g/mol. The fourth-order valence-corrected chi connectivity index (χ4v) is 1.32. The highest BCUT2D eigenvalue weighted by Gasteiger charge is 1.97. The second kappa shape index (κ2) is 6.83. The van der Waals surface area contributed by atoms with E-state index in [4.69, 9.17) is 0 Å². The Bertz CT molecular complexity index is 341. The Morgan fingerprint density at radius 1 is 1.31 bits per heavy atom. The van der Waals surface area contributed by atoms with Crippen LogP contribution >= 0.6 is 0 Å². The molecular formula is C14H19NO. The number of hydrogen-bond donors (Lipinski definition) is 1. The number of amides is 1. The highest BCUT2D eigenvalue weighted by atomic mass is 16.1. The first-order chi connectivity index (χ1) is 7.68. The molecule has 0 aliphatic carbocycles. The molecule has 0 bridgehead atoms. The van der Waals surface area contributed by atoms with Gasteiger partial charge in [-0.25, -0.2) is 0 Å². The van der Waals surface area contributed by atoms with Crippen LogP contribution < -0.4 is 5.32 Å². The van der Waals surface area contributed by atoms with Crippen molar-refractivity contribution in [1.29, 1.82) is 0 Å². The van der Waals surface area contributed by atoms with Gasteiger partial charge in [0.15, 0.2) is 0 Å². The van der Waals surface area contributed by atoms with E-state index in [2.05, 4.69) is 19.2 Å². The third kappa shape index (κ3) is 5.35. The molecule has 1 aromatic carbocycles. The van der Waals surface area contributed by atoms with Crippen molar-refractivity contribution < 1.29 is 4.79 Å². The van der Waals surface area contributed by atoms with Gasteiger partial charge in [0.05, 0.1) is 0 Å². The SMILES string of the molecule is CC(C)/C=C/CC(=O)NCc1ccccc1. The van der Waals surface area contributed by atoms with E-state index in [0.29, 0.717) is 18.9 Å². The fourth-order valence-electron chi connectivity index (χ4n) is 1.32. The van der Waals surface area contributed by atoms with Crippen LogP contribution in [-0.2, 0) is 11.3 Å². The summed E-state index contributed by atoms with van der Waals surface area (Å²) in [6, 6.07) is 9.92. The van der Waals surface area contributed by atoms with Gasteiger partial charge in [0, 0.05) is 13.0 Å². The van der Waals surface area contributed by atoms with Crippen LogP contribution in [0.4, 0.5) is 0 Å². The van der Waals surface area contributed by atoms with Gasteiger partial charge in [-0.1, -0.05) is 56.3 Å². The molecule has 1 amide bonds. The molecule has 0 atom stereocenters.